The molecule has 1 unspecified atom stereocenters. The number of esters is 1. The Hall–Kier alpha value is -4.25. The van der Waals surface area contributed by atoms with Crippen molar-refractivity contribution in [3.05, 3.63) is 113 Å². The van der Waals surface area contributed by atoms with Gasteiger partial charge in [0.15, 0.2) is 5.60 Å². The van der Waals surface area contributed by atoms with Crippen LogP contribution in [0.2, 0.25) is 0 Å². The Bertz CT molecular complexity index is 1430. The zero-order valence-corrected chi connectivity index (χ0v) is 19.3. The van der Waals surface area contributed by atoms with Gasteiger partial charge in [0.1, 0.15) is 11.5 Å². The van der Waals surface area contributed by atoms with E-state index in [0.29, 0.717) is 17.1 Å². The molecule has 2 heterocycles. The number of fused-ring (bicyclic) bond motifs is 6. The number of carbonyl (C=O) groups is 1. The van der Waals surface area contributed by atoms with Crippen LogP contribution >= 0.6 is 0 Å². The first-order valence-electron chi connectivity index (χ1n) is 11.2. The molecule has 2 aliphatic heterocycles. The van der Waals surface area contributed by atoms with Gasteiger partial charge in [0.25, 0.3) is 0 Å². The SMILES string of the molecule is CN(C)c1ccc2c(c1)C1(OC(=O)c3ccccc31)c1ccc(N(C)c3ccccc3)cc1O2. The molecule has 0 radical (unpaired) electrons. The third-order valence-electron chi connectivity index (χ3n) is 6.73. The minimum absolute atomic E-state index is 0.324. The summed E-state index contributed by atoms with van der Waals surface area (Å²) in [5, 5.41) is 0. The maximum absolute atomic E-state index is 13.1. The zero-order valence-electron chi connectivity index (χ0n) is 19.3. The van der Waals surface area contributed by atoms with Crippen molar-refractivity contribution < 1.29 is 14.3 Å². The fraction of sp³-hybridized carbons (Fsp3) is 0.138. The highest BCUT2D eigenvalue weighted by Crippen LogP contribution is 2.57. The first-order chi connectivity index (χ1) is 16.5. The maximum Gasteiger partial charge on any atom is 0.340 e. The topological polar surface area (TPSA) is 42.0 Å². The van der Waals surface area contributed by atoms with Crippen molar-refractivity contribution in [3.8, 4) is 11.5 Å². The van der Waals surface area contributed by atoms with Crippen LogP contribution in [0, 0.1) is 0 Å². The summed E-state index contributed by atoms with van der Waals surface area (Å²) in [6.07, 6.45) is 0. The zero-order chi connectivity index (χ0) is 23.4. The number of rotatable bonds is 3. The van der Waals surface area contributed by atoms with Crippen LogP contribution in [-0.4, -0.2) is 27.1 Å². The number of hydrogen-bond donors (Lipinski definition) is 0. The van der Waals surface area contributed by atoms with Crippen molar-refractivity contribution in [1.29, 1.82) is 0 Å². The second kappa shape index (κ2) is 7.39. The number of anilines is 3. The molecule has 6 rings (SSSR count). The lowest BCUT2D eigenvalue weighted by atomic mass is 9.77. The number of ether oxygens (including phenoxy) is 2. The van der Waals surface area contributed by atoms with Gasteiger partial charge in [-0.05, 0) is 48.5 Å². The van der Waals surface area contributed by atoms with E-state index in [1.54, 1.807) is 0 Å². The van der Waals surface area contributed by atoms with Gasteiger partial charge < -0.3 is 19.3 Å². The van der Waals surface area contributed by atoms with Gasteiger partial charge in [-0.3, -0.25) is 0 Å². The lowest BCUT2D eigenvalue weighted by molar-refractivity contribution is 0.0224. The minimum atomic E-state index is -1.06. The molecule has 2 aliphatic rings. The van der Waals surface area contributed by atoms with Gasteiger partial charge in [-0.25, -0.2) is 4.79 Å². The van der Waals surface area contributed by atoms with Gasteiger partial charge in [0.2, 0.25) is 0 Å². The number of carbonyl (C=O) groups excluding carboxylic acids is 1. The Morgan fingerprint density at radius 2 is 1.38 bits per heavy atom. The van der Waals surface area contributed by atoms with Crippen LogP contribution in [0.25, 0.3) is 0 Å². The van der Waals surface area contributed by atoms with E-state index < -0.39 is 5.60 Å². The summed E-state index contributed by atoms with van der Waals surface area (Å²) >= 11 is 0. The van der Waals surface area contributed by atoms with Crippen LogP contribution < -0.4 is 14.5 Å². The Morgan fingerprint density at radius 3 is 2.18 bits per heavy atom. The summed E-state index contributed by atoms with van der Waals surface area (Å²) in [5.74, 6) is 1.03. The number of benzene rings is 4. The largest absolute Gasteiger partial charge is 0.456 e. The van der Waals surface area contributed by atoms with Crippen LogP contribution in [0.3, 0.4) is 0 Å². The van der Waals surface area contributed by atoms with Crippen molar-refractivity contribution in [2.75, 3.05) is 30.9 Å². The van der Waals surface area contributed by atoms with Crippen LogP contribution in [0.1, 0.15) is 27.0 Å². The smallest absolute Gasteiger partial charge is 0.340 e. The minimum Gasteiger partial charge on any atom is -0.456 e. The molecule has 0 amide bonds. The molecule has 1 atom stereocenters. The molecule has 168 valence electrons. The summed E-state index contributed by atoms with van der Waals surface area (Å²) in [6.45, 7) is 0. The van der Waals surface area contributed by atoms with Gasteiger partial charge in [-0.15, -0.1) is 0 Å². The second-order valence-corrected chi connectivity index (χ2v) is 8.87. The maximum atomic E-state index is 13.1. The van der Waals surface area contributed by atoms with Crippen molar-refractivity contribution in [2.24, 2.45) is 0 Å². The van der Waals surface area contributed by atoms with E-state index in [9.17, 15) is 4.79 Å². The van der Waals surface area contributed by atoms with Crippen LogP contribution in [0.4, 0.5) is 17.1 Å². The summed E-state index contributed by atoms with van der Waals surface area (Å²) < 4.78 is 12.7. The molecule has 0 saturated carbocycles. The quantitative estimate of drug-likeness (QED) is 0.355. The van der Waals surface area contributed by atoms with Crippen molar-refractivity contribution in [2.45, 2.75) is 5.60 Å². The lowest BCUT2D eigenvalue weighted by Gasteiger charge is -2.37. The van der Waals surface area contributed by atoms with Gasteiger partial charge in [-0.1, -0.05) is 36.4 Å². The van der Waals surface area contributed by atoms with Crippen molar-refractivity contribution in [1.82, 2.24) is 0 Å². The molecule has 1 spiro atoms. The van der Waals surface area contributed by atoms with Gasteiger partial charge in [-0.2, -0.15) is 0 Å². The summed E-state index contributed by atoms with van der Waals surface area (Å²) in [5.41, 5.74) is 5.06. The third kappa shape index (κ3) is 2.83. The highest BCUT2D eigenvalue weighted by atomic mass is 16.6. The Balaban J connectivity index is 1.58. The molecule has 0 N–H and O–H groups in total. The average molecular weight is 449 g/mol. The molecule has 0 aliphatic carbocycles. The fourth-order valence-electron chi connectivity index (χ4n) is 4.94. The Morgan fingerprint density at radius 1 is 0.647 bits per heavy atom. The molecule has 0 saturated heterocycles. The van der Waals surface area contributed by atoms with E-state index >= 15 is 0 Å². The Labute approximate surface area is 198 Å². The molecule has 0 bridgehead atoms. The normalized spacial score (nSPS) is 17.3. The lowest BCUT2D eigenvalue weighted by Crippen LogP contribution is -2.33. The van der Waals surface area contributed by atoms with E-state index in [4.69, 9.17) is 9.47 Å². The average Bonchev–Trinajstić information content (AvgIpc) is 3.16. The number of hydrogen-bond acceptors (Lipinski definition) is 5. The molecular weight excluding hydrogens is 424 g/mol. The fourth-order valence-corrected chi connectivity index (χ4v) is 4.94. The van der Waals surface area contributed by atoms with Crippen LogP contribution in [0.5, 0.6) is 11.5 Å². The first kappa shape index (κ1) is 20.4. The van der Waals surface area contributed by atoms with Gasteiger partial charge >= 0.3 is 5.97 Å². The second-order valence-electron chi connectivity index (χ2n) is 8.87. The predicted molar refractivity (Wildman–Crippen MR) is 134 cm³/mol. The van der Waals surface area contributed by atoms with Crippen LogP contribution in [-0.2, 0) is 10.3 Å². The van der Waals surface area contributed by atoms with Crippen molar-refractivity contribution in [3.63, 3.8) is 0 Å². The molecule has 4 aromatic rings. The molecule has 0 aromatic heterocycles. The monoisotopic (exact) mass is 448 g/mol. The molecule has 0 fully saturated rings. The number of nitrogens with zero attached hydrogens (tertiary/aromatic N) is 2. The summed E-state index contributed by atoms with van der Waals surface area (Å²) in [4.78, 5) is 17.2. The van der Waals surface area contributed by atoms with E-state index in [1.807, 2.05) is 98.8 Å². The Kier molecular flexibility index (Phi) is 4.42. The molecule has 5 nitrogen and oxygen atoms in total. The standard InChI is InChI=1S/C29H24N2O3/c1-30(2)20-14-16-26-25(17-20)29(23-12-8-7-11-22(23)28(32)34-29)24-15-13-21(18-27(24)33-26)31(3)19-9-5-4-6-10-19/h4-18H,1-3H3. The molecular formula is C29H24N2O3. The van der Waals surface area contributed by atoms with Crippen molar-refractivity contribution >= 4 is 23.0 Å². The number of para-hydroxylation sites is 1. The van der Waals surface area contributed by atoms with Gasteiger partial charge in [0, 0.05) is 61.0 Å². The van der Waals surface area contributed by atoms with E-state index in [2.05, 4.69) is 23.1 Å². The highest BCUT2D eigenvalue weighted by Gasteiger charge is 2.53. The van der Waals surface area contributed by atoms with E-state index in [-0.39, 0.29) is 5.97 Å². The highest BCUT2D eigenvalue weighted by molar-refractivity contribution is 5.97. The first-order valence-corrected chi connectivity index (χ1v) is 11.2. The summed E-state index contributed by atoms with van der Waals surface area (Å²) in [7, 11) is 6.01. The summed E-state index contributed by atoms with van der Waals surface area (Å²) in [6, 6.07) is 29.9. The molecule has 34 heavy (non-hydrogen) atoms. The molecule has 5 heteroatoms. The third-order valence-corrected chi connectivity index (χ3v) is 6.73. The molecule has 4 aromatic carbocycles. The van der Waals surface area contributed by atoms with E-state index in [1.165, 1.54) is 0 Å². The predicted octanol–water partition coefficient (Wildman–Crippen LogP) is 6.09. The van der Waals surface area contributed by atoms with Gasteiger partial charge in [0.05, 0.1) is 5.56 Å². The van der Waals surface area contributed by atoms with Crippen LogP contribution in [0.15, 0.2) is 91.0 Å². The van der Waals surface area contributed by atoms with E-state index in [0.717, 1.165) is 33.8 Å².